The maximum Gasteiger partial charge on any atom is 0.246 e. The zero-order chi connectivity index (χ0) is 19.7. The third-order valence-corrected chi connectivity index (χ3v) is 7.20. The first-order valence-electron chi connectivity index (χ1n) is 9.27. The average molecular weight is 426 g/mol. The Bertz CT molecular complexity index is 967. The molecular weight excluding hydrogens is 405 g/mol. The SMILES string of the molecule is O=S(=O)(c1ccc(Cl)cc1F)N1CCC(Oc2cccnc2N2CCCC2)C1. The van der Waals surface area contributed by atoms with Gasteiger partial charge in [-0.1, -0.05) is 11.6 Å². The minimum atomic E-state index is -3.94. The number of pyridine rings is 1. The van der Waals surface area contributed by atoms with Gasteiger partial charge in [0.25, 0.3) is 0 Å². The van der Waals surface area contributed by atoms with Gasteiger partial charge in [0, 0.05) is 30.9 Å². The van der Waals surface area contributed by atoms with Crippen molar-refractivity contribution in [2.24, 2.45) is 0 Å². The lowest BCUT2D eigenvalue weighted by molar-refractivity contribution is 0.215. The van der Waals surface area contributed by atoms with E-state index < -0.39 is 15.8 Å². The average Bonchev–Trinajstić information content (AvgIpc) is 3.34. The smallest absolute Gasteiger partial charge is 0.246 e. The topological polar surface area (TPSA) is 62.7 Å². The summed E-state index contributed by atoms with van der Waals surface area (Å²) in [7, 11) is -3.94. The number of sulfonamides is 1. The molecule has 1 aromatic carbocycles. The summed E-state index contributed by atoms with van der Waals surface area (Å²) in [6, 6.07) is 7.25. The Morgan fingerprint density at radius 1 is 1.18 bits per heavy atom. The molecule has 2 aliphatic rings. The molecule has 0 spiro atoms. The van der Waals surface area contributed by atoms with Crippen LogP contribution in [0.5, 0.6) is 5.75 Å². The molecule has 2 saturated heterocycles. The summed E-state index contributed by atoms with van der Waals surface area (Å²) in [5, 5.41) is 0.158. The van der Waals surface area contributed by atoms with E-state index in [9.17, 15) is 12.8 Å². The maximum atomic E-state index is 14.1. The highest BCUT2D eigenvalue weighted by molar-refractivity contribution is 7.89. The van der Waals surface area contributed by atoms with Crippen LogP contribution in [0.25, 0.3) is 0 Å². The van der Waals surface area contributed by atoms with Crippen LogP contribution in [0, 0.1) is 5.82 Å². The van der Waals surface area contributed by atoms with Gasteiger partial charge in [0.15, 0.2) is 11.6 Å². The molecule has 150 valence electrons. The fourth-order valence-corrected chi connectivity index (χ4v) is 5.35. The molecule has 1 unspecified atom stereocenters. The minimum Gasteiger partial charge on any atom is -0.485 e. The second-order valence-corrected chi connectivity index (χ2v) is 9.33. The van der Waals surface area contributed by atoms with Gasteiger partial charge >= 0.3 is 0 Å². The van der Waals surface area contributed by atoms with Crippen LogP contribution in [0.15, 0.2) is 41.4 Å². The van der Waals surface area contributed by atoms with Crippen molar-refractivity contribution in [1.29, 1.82) is 0 Å². The molecule has 0 bridgehead atoms. The van der Waals surface area contributed by atoms with E-state index in [2.05, 4.69) is 9.88 Å². The number of benzene rings is 1. The number of hydrogen-bond donors (Lipinski definition) is 0. The van der Waals surface area contributed by atoms with E-state index in [-0.39, 0.29) is 29.1 Å². The molecule has 6 nitrogen and oxygen atoms in total. The molecule has 2 aromatic rings. The van der Waals surface area contributed by atoms with Crippen LogP contribution < -0.4 is 9.64 Å². The lowest BCUT2D eigenvalue weighted by Gasteiger charge is -2.22. The monoisotopic (exact) mass is 425 g/mol. The Hall–Kier alpha value is -1.90. The molecule has 1 atom stereocenters. The molecule has 0 radical (unpaired) electrons. The molecule has 0 saturated carbocycles. The van der Waals surface area contributed by atoms with Crippen LogP contribution in [0.2, 0.25) is 5.02 Å². The van der Waals surface area contributed by atoms with Crippen LogP contribution in [0.3, 0.4) is 0 Å². The molecule has 2 aliphatic heterocycles. The van der Waals surface area contributed by atoms with Gasteiger partial charge in [-0.2, -0.15) is 4.31 Å². The molecule has 28 heavy (non-hydrogen) atoms. The van der Waals surface area contributed by atoms with Crippen LogP contribution in [0.1, 0.15) is 19.3 Å². The number of halogens is 2. The second kappa shape index (κ2) is 7.85. The van der Waals surface area contributed by atoms with Crippen LogP contribution in [-0.2, 0) is 10.0 Å². The van der Waals surface area contributed by atoms with Crippen molar-refractivity contribution in [3.8, 4) is 5.75 Å². The van der Waals surface area contributed by atoms with E-state index in [0.29, 0.717) is 12.2 Å². The lowest BCUT2D eigenvalue weighted by atomic mass is 10.3. The van der Waals surface area contributed by atoms with Crippen molar-refractivity contribution in [3.63, 3.8) is 0 Å². The molecule has 1 aromatic heterocycles. The Labute approximate surface area is 168 Å². The molecule has 0 N–H and O–H groups in total. The summed E-state index contributed by atoms with van der Waals surface area (Å²) in [5.74, 6) is 0.608. The first kappa shape index (κ1) is 19.4. The van der Waals surface area contributed by atoms with Gasteiger partial charge in [0.2, 0.25) is 10.0 Å². The first-order chi connectivity index (χ1) is 13.4. The summed E-state index contributed by atoms with van der Waals surface area (Å²) in [6.07, 6.45) is 4.20. The fraction of sp³-hybridized carbons (Fsp3) is 0.421. The highest BCUT2D eigenvalue weighted by atomic mass is 35.5. The fourth-order valence-electron chi connectivity index (χ4n) is 3.66. The van der Waals surface area contributed by atoms with E-state index in [1.807, 2.05) is 6.07 Å². The lowest BCUT2D eigenvalue weighted by Crippen LogP contribution is -2.32. The highest BCUT2D eigenvalue weighted by Crippen LogP contribution is 2.32. The van der Waals surface area contributed by atoms with Crippen LogP contribution >= 0.6 is 11.6 Å². The number of nitrogens with zero attached hydrogens (tertiary/aromatic N) is 3. The quantitative estimate of drug-likeness (QED) is 0.735. The standard InChI is InChI=1S/C19H21ClFN3O3S/c20-14-5-6-18(16(21)12-14)28(25,26)24-11-7-15(13-24)27-17-4-3-8-22-19(17)23-9-1-2-10-23/h3-6,8,12,15H,1-2,7,9-11,13H2. The molecule has 3 heterocycles. The first-order valence-corrected chi connectivity index (χ1v) is 11.1. The van der Waals surface area contributed by atoms with Crippen molar-refractivity contribution in [3.05, 3.63) is 47.4 Å². The van der Waals surface area contributed by atoms with Crippen molar-refractivity contribution < 1.29 is 17.5 Å². The van der Waals surface area contributed by atoms with E-state index >= 15 is 0 Å². The minimum absolute atomic E-state index is 0.158. The van der Waals surface area contributed by atoms with Gasteiger partial charge in [0.1, 0.15) is 16.8 Å². The van der Waals surface area contributed by atoms with Gasteiger partial charge in [0.05, 0.1) is 6.54 Å². The number of hydrogen-bond acceptors (Lipinski definition) is 5. The Morgan fingerprint density at radius 2 is 1.96 bits per heavy atom. The molecule has 9 heteroatoms. The summed E-state index contributed by atoms with van der Waals surface area (Å²) in [4.78, 5) is 6.26. The summed E-state index contributed by atoms with van der Waals surface area (Å²) in [5.41, 5.74) is 0. The third kappa shape index (κ3) is 3.81. The molecule has 0 amide bonds. The maximum absolute atomic E-state index is 14.1. The highest BCUT2D eigenvalue weighted by Gasteiger charge is 2.35. The van der Waals surface area contributed by atoms with Crippen molar-refractivity contribution in [2.45, 2.75) is 30.3 Å². The van der Waals surface area contributed by atoms with Crippen LogP contribution in [-0.4, -0.2) is 50.0 Å². The van der Waals surface area contributed by atoms with Gasteiger partial charge in [-0.15, -0.1) is 0 Å². The summed E-state index contributed by atoms with van der Waals surface area (Å²) >= 11 is 5.73. The largest absolute Gasteiger partial charge is 0.485 e. The molecule has 2 fully saturated rings. The van der Waals surface area contributed by atoms with Gasteiger partial charge < -0.3 is 9.64 Å². The number of ether oxygens (including phenoxy) is 1. The van der Waals surface area contributed by atoms with E-state index in [0.717, 1.165) is 37.8 Å². The molecule has 4 rings (SSSR count). The van der Waals surface area contributed by atoms with Gasteiger partial charge in [-0.25, -0.2) is 17.8 Å². The molecular formula is C19H21ClFN3O3S. The molecule has 0 aliphatic carbocycles. The number of anilines is 1. The Balaban J connectivity index is 1.49. The van der Waals surface area contributed by atoms with Gasteiger partial charge in [-0.3, -0.25) is 0 Å². The van der Waals surface area contributed by atoms with Crippen molar-refractivity contribution in [1.82, 2.24) is 9.29 Å². The van der Waals surface area contributed by atoms with E-state index in [1.165, 1.54) is 16.4 Å². The zero-order valence-electron chi connectivity index (χ0n) is 15.2. The Kier molecular flexibility index (Phi) is 5.44. The summed E-state index contributed by atoms with van der Waals surface area (Å²) < 4.78 is 47.1. The third-order valence-electron chi connectivity index (χ3n) is 5.07. The van der Waals surface area contributed by atoms with Crippen molar-refractivity contribution >= 4 is 27.4 Å². The second-order valence-electron chi connectivity index (χ2n) is 6.99. The van der Waals surface area contributed by atoms with E-state index in [1.54, 1.807) is 12.3 Å². The van der Waals surface area contributed by atoms with E-state index in [4.69, 9.17) is 16.3 Å². The number of aromatic nitrogens is 1. The number of rotatable bonds is 5. The normalized spacial score (nSPS) is 20.6. The zero-order valence-corrected chi connectivity index (χ0v) is 16.8. The van der Waals surface area contributed by atoms with Crippen LogP contribution in [0.4, 0.5) is 10.2 Å². The predicted octanol–water partition coefficient (Wildman–Crippen LogP) is 3.32. The van der Waals surface area contributed by atoms with Gasteiger partial charge in [-0.05, 0) is 49.6 Å². The predicted molar refractivity (Wildman–Crippen MR) is 105 cm³/mol. The summed E-state index contributed by atoms with van der Waals surface area (Å²) in [6.45, 7) is 2.32. The Morgan fingerprint density at radius 3 is 2.71 bits per heavy atom. The van der Waals surface area contributed by atoms with Crippen molar-refractivity contribution in [2.75, 3.05) is 31.1 Å².